The molecule has 1 rings (SSSR count). The lowest BCUT2D eigenvalue weighted by atomic mass is 10.1. The molecule has 1 aromatic rings. The zero-order valence-electron chi connectivity index (χ0n) is 10.6. The first kappa shape index (κ1) is 13.9. The molecule has 0 saturated carbocycles. The zero-order chi connectivity index (χ0) is 13.5. The van der Waals surface area contributed by atoms with Gasteiger partial charge in [0.15, 0.2) is 11.5 Å². The van der Waals surface area contributed by atoms with Gasteiger partial charge in [-0.3, -0.25) is 4.79 Å². The fraction of sp³-hybridized carbons (Fsp3) is 0.308. The van der Waals surface area contributed by atoms with Crippen LogP contribution in [0.5, 0.6) is 17.2 Å². The summed E-state index contributed by atoms with van der Waals surface area (Å²) in [5.41, 5.74) is 0.783. The number of aliphatic carboxylic acids is 1. The molecule has 5 heteroatoms. The number of hydrogen-bond donors (Lipinski definition) is 1. The Labute approximate surface area is 106 Å². The van der Waals surface area contributed by atoms with Gasteiger partial charge in [0.05, 0.1) is 27.8 Å². The van der Waals surface area contributed by atoms with E-state index in [0.29, 0.717) is 17.2 Å². The second kappa shape index (κ2) is 6.54. The van der Waals surface area contributed by atoms with Crippen molar-refractivity contribution >= 4 is 12.0 Å². The van der Waals surface area contributed by atoms with Crippen LogP contribution in [0.2, 0.25) is 0 Å². The second-order valence-corrected chi connectivity index (χ2v) is 3.46. The summed E-state index contributed by atoms with van der Waals surface area (Å²) >= 11 is 0. The number of benzene rings is 1. The quantitative estimate of drug-likeness (QED) is 0.840. The minimum absolute atomic E-state index is 0.0311. The van der Waals surface area contributed by atoms with E-state index in [1.807, 2.05) is 0 Å². The fourth-order valence-corrected chi connectivity index (χ4v) is 1.49. The van der Waals surface area contributed by atoms with Crippen molar-refractivity contribution in [2.24, 2.45) is 0 Å². The van der Waals surface area contributed by atoms with Gasteiger partial charge < -0.3 is 19.3 Å². The van der Waals surface area contributed by atoms with Crippen molar-refractivity contribution < 1.29 is 24.1 Å². The molecule has 1 aromatic carbocycles. The average molecular weight is 252 g/mol. The Morgan fingerprint density at radius 3 is 2.11 bits per heavy atom. The van der Waals surface area contributed by atoms with Gasteiger partial charge in [-0.1, -0.05) is 12.2 Å². The van der Waals surface area contributed by atoms with Crippen LogP contribution < -0.4 is 14.2 Å². The van der Waals surface area contributed by atoms with Gasteiger partial charge in [0.2, 0.25) is 5.75 Å². The third-order valence-corrected chi connectivity index (χ3v) is 2.29. The van der Waals surface area contributed by atoms with E-state index in [4.69, 9.17) is 19.3 Å². The van der Waals surface area contributed by atoms with Crippen molar-refractivity contribution in [1.82, 2.24) is 0 Å². The molecule has 0 aliphatic carbocycles. The Bertz CT molecular complexity index is 426. The zero-order valence-corrected chi connectivity index (χ0v) is 10.6. The van der Waals surface area contributed by atoms with Crippen LogP contribution in [-0.4, -0.2) is 32.4 Å². The van der Waals surface area contributed by atoms with Gasteiger partial charge in [-0.15, -0.1) is 0 Å². The summed E-state index contributed by atoms with van der Waals surface area (Å²) in [7, 11) is 4.59. The van der Waals surface area contributed by atoms with Gasteiger partial charge in [0.25, 0.3) is 0 Å². The predicted molar refractivity (Wildman–Crippen MR) is 67.4 cm³/mol. The molecule has 0 aromatic heterocycles. The molecule has 0 saturated heterocycles. The van der Waals surface area contributed by atoms with E-state index in [2.05, 4.69) is 0 Å². The van der Waals surface area contributed by atoms with Crippen molar-refractivity contribution in [3.05, 3.63) is 23.8 Å². The van der Waals surface area contributed by atoms with Gasteiger partial charge in [-0.2, -0.15) is 0 Å². The lowest BCUT2D eigenvalue weighted by Gasteiger charge is -2.12. The molecule has 0 atom stereocenters. The molecule has 0 spiro atoms. The first-order chi connectivity index (χ1) is 8.62. The van der Waals surface area contributed by atoms with E-state index < -0.39 is 5.97 Å². The molecule has 18 heavy (non-hydrogen) atoms. The number of carboxylic acid groups (broad SMARTS) is 1. The van der Waals surface area contributed by atoms with Crippen molar-refractivity contribution in [3.8, 4) is 17.2 Å². The smallest absolute Gasteiger partial charge is 0.307 e. The molecule has 1 N–H and O–H groups in total. The van der Waals surface area contributed by atoms with Crippen LogP contribution >= 0.6 is 0 Å². The molecule has 0 aliphatic heterocycles. The number of methoxy groups -OCH3 is 3. The number of rotatable bonds is 6. The summed E-state index contributed by atoms with van der Waals surface area (Å²) < 4.78 is 15.6. The molecule has 0 radical (unpaired) electrons. The van der Waals surface area contributed by atoms with Crippen LogP contribution in [0.15, 0.2) is 18.2 Å². The number of hydrogen-bond acceptors (Lipinski definition) is 4. The molecule has 0 bridgehead atoms. The summed E-state index contributed by atoms with van der Waals surface area (Å²) in [6.07, 6.45) is 3.22. The average Bonchev–Trinajstić information content (AvgIpc) is 2.36. The summed E-state index contributed by atoms with van der Waals surface area (Å²) in [5.74, 6) is 0.702. The number of carboxylic acids is 1. The molecule has 0 heterocycles. The van der Waals surface area contributed by atoms with Crippen LogP contribution in [0.25, 0.3) is 6.08 Å². The van der Waals surface area contributed by atoms with Gasteiger partial charge in [-0.05, 0) is 17.7 Å². The highest BCUT2D eigenvalue weighted by Crippen LogP contribution is 2.38. The number of ether oxygens (including phenoxy) is 3. The van der Waals surface area contributed by atoms with Crippen molar-refractivity contribution in [3.63, 3.8) is 0 Å². The highest BCUT2D eigenvalue weighted by molar-refractivity contribution is 5.71. The topological polar surface area (TPSA) is 65.0 Å². The Hall–Kier alpha value is -2.17. The van der Waals surface area contributed by atoms with Gasteiger partial charge in [0, 0.05) is 0 Å². The van der Waals surface area contributed by atoms with E-state index >= 15 is 0 Å². The Balaban J connectivity index is 3.07. The van der Waals surface area contributed by atoms with Crippen molar-refractivity contribution in [1.29, 1.82) is 0 Å². The van der Waals surface area contributed by atoms with E-state index in [0.717, 1.165) is 5.56 Å². The Morgan fingerprint density at radius 2 is 1.72 bits per heavy atom. The highest BCUT2D eigenvalue weighted by Gasteiger charge is 2.11. The Morgan fingerprint density at radius 1 is 1.17 bits per heavy atom. The standard InChI is InChI=1S/C13H16O5/c1-16-10-7-9(5-4-6-12(14)15)8-11(17-2)13(10)18-3/h4-5,7-8H,6H2,1-3H3,(H,14,15)/b5-4+. The first-order valence-electron chi connectivity index (χ1n) is 5.30. The molecule has 0 unspecified atom stereocenters. The third kappa shape index (κ3) is 3.41. The minimum Gasteiger partial charge on any atom is -0.493 e. The predicted octanol–water partition coefficient (Wildman–Crippen LogP) is 2.20. The van der Waals surface area contributed by atoms with E-state index in [1.54, 1.807) is 24.3 Å². The Kier molecular flexibility index (Phi) is 5.05. The minimum atomic E-state index is -0.876. The summed E-state index contributed by atoms with van der Waals surface area (Å²) in [6.45, 7) is 0. The first-order valence-corrected chi connectivity index (χ1v) is 5.30. The van der Waals surface area contributed by atoms with E-state index in [1.165, 1.54) is 21.3 Å². The third-order valence-electron chi connectivity index (χ3n) is 2.29. The summed E-state index contributed by atoms with van der Waals surface area (Å²) in [6, 6.07) is 3.50. The van der Waals surface area contributed by atoms with Gasteiger partial charge >= 0.3 is 5.97 Å². The lowest BCUT2D eigenvalue weighted by molar-refractivity contribution is -0.135. The molecule has 0 fully saturated rings. The van der Waals surface area contributed by atoms with Crippen molar-refractivity contribution in [2.75, 3.05) is 21.3 Å². The van der Waals surface area contributed by atoms with E-state index in [9.17, 15) is 4.79 Å². The van der Waals surface area contributed by atoms with Crippen LogP contribution in [0.3, 0.4) is 0 Å². The molecule has 5 nitrogen and oxygen atoms in total. The van der Waals surface area contributed by atoms with Crippen LogP contribution in [0.1, 0.15) is 12.0 Å². The van der Waals surface area contributed by atoms with Gasteiger partial charge in [0.1, 0.15) is 0 Å². The summed E-state index contributed by atoms with van der Waals surface area (Å²) in [4.78, 5) is 10.4. The molecule has 0 aliphatic rings. The highest BCUT2D eigenvalue weighted by atomic mass is 16.5. The SMILES string of the molecule is COc1cc(/C=C/CC(=O)O)cc(OC)c1OC. The number of carbonyl (C=O) groups is 1. The summed E-state index contributed by atoms with van der Waals surface area (Å²) in [5, 5.41) is 8.55. The van der Waals surface area contributed by atoms with Crippen molar-refractivity contribution in [2.45, 2.75) is 6.42 Å². The fourth-order valence-electron chi connectivity index (χ4n) is 1.49. The van der Waals surface area contributed by atoms with Gasteiger partial charge in [-0.25, -0.2) is 0 Å². The lowest BCUT2D eigenvalue weighted by Crippen LogP contribution is -1.95. The van der Waals surface area contributed by atoms with E-state index in [-0.39, 0.29) is 6.42 Å². The second-order valence-electron chi connectivity index (χ2n) is 3.46. The maximum atomic E-state index is 10.4. The maximum absolute atomic E-state index is 10.4. The monoisotopic (exact) mass is 252 g/mol. The molecule has 98 valence electrons. The molecular weight excluding hydrogens is 236 g/mol. The molecular formula is C13H16O5. The van der Waals surface area contributed by atoms with Crippen LogP contribution in [-0.2, 0) is 4.79 Å². The van der Waals surface area contributed by atoms with Crippen LogP contribution in [0, 0.1) is 0 Å². The normalized spacial score (nSPS) is 10.4. The molecule has 0 amide bonds. The maximum Gasteiger partial charge on any atom is 0.307 e. The largest absolute Gasteiger partial charge is 0.493 e. The van der Waals surface area contributed by atoms with Crippen LogP contribution in [0.4, 0.5) is 0 Å².